The van der Waals surface area contributed by atoms with Crippen LogP contribution in [0.3, 0.4) is 0 Å². The van der Waals surface area contributed by atoms with E-state index in [0.29, 0.717) is 34.8 Å². The van der Waals surface area contributed by atoms with Gasteiger partial charge in [-0.2, -0.15) is 0 Å². The highest BCUT2D eigenvalue weighted by Gasteiger charge is 2.16. The molecule has 3 rings (SSSR count). The zero-order chi connectivity index (χ0) is 19.6. The Hall–Kier alpha value is -2.93. The van der Waals surface area contributed by atoms with Crippen molar-refractivity contribution in [2.45, 2.75) is 0 Å². The summed E-state index contributed by atoms with van der Waals surface area (Å²) in [5.74, 6) is 0.744. The highest BCUT2D eigenvalue weighted by atomic mass is 19.1. The molecule has 0 N–H and O–H groups in total. The fraction of sp³-hybridized carbons (Fsp3) is 0.300. The van der Waals surface area contributed by atoms with Gasteiger partial charge < -0.3 is 14.5 Å². The lowest BCUT2D eigenvalue weighted by Gasteiger charge is -2.24. The SMILES string of the molecule is COc1ccc(-n2c(N(C)CCN(C)C)nc3cc(F)ccc3c2=O)cc1. The van der Waals surface area contributed by atoms with Crippen molar-refractivity contribution in [2.24, 2.45) is 0 Å². The second-order valence-corrected chi connectivity index (χ2v) is 6.64. The molecule has 0 atom stereocenters. The maximum absolute atomic E-state index is 13.7. The molecule has 0 spiro atoms. The average Bonchev–Trinajstić information content (AvgIpc) is 2.65. The van der Waals surface area contributed by atoms with Crippen molar-refractivity contribution in [2.75, 3.05) is 46.2 Å². The minimum absolute atomic E-state index is 0.239. The number of nitrogens with zero attached hydrogens (tertiary/aromatic N) is 4. The summed E-state index contributed by atoms with van der Waals surface area (Å²) in [6.07, 6.45) is 0. The molecule has 6 nitrogen and oxygen atoms in total. The third-order valence-electron chi connectivity index (χ3n) is 4.37. The number of hydrogen-bond donors (Lipinski definition) is 0. The summed E-state index contributed by atoms with van der Waals surface area (Å²) >= 11 is 0. The quantitative estimate of drug-likeness (QED) is 0.667. The maximum Gasteiger partial charge on any atom is 0.267 e. The monoisotopic (exact) mass is 370 g/mol. The number of likely N-dealkylation sites (N-methyl/N-ethyl adjacent to an activating group) is 2. The predicted molar refractivity (Wildman–Crippen MR) is 106 cm³/mol. The van der Waals surface area contributed by atoms with Gasteiger partial charge in [-0.15, -0.1) is 0 Å². The van der Waals surface area contributed by atoms with Gasteiger partial charge in [0.05, 0.1) is 23.7 Å². The topological polar surface area (TPSA) is 50.6 Å². The summed E-state index contributed by atoms with van der Waals surface area (Å²) in [5.41, 5.74) is 0.777. The standard InChI is InChI=1S/C20H23FN4O2/c1-23(2)11-12-24(3)20-22-18-13-14(21)5-10-17(18)19(26)25(20)15-6-8-16(27-4)9-7-15/h5-10,13H,11-12H2,1-4H3. The lowest BCUT2D eigenvalue weighted by Crippen LogP contribution is -2.34. The molecule has 0 radical (unpaired) electrons. The van der Waals surface area contributed by atoms with Gasteiger partial charge in [-0.3, -0.25) is 4.79 Å². The van der Waals surface area contributed by atoms with Gasteiger partial charge in [0.15, 0.2) is 0 Å². The first-order chi connectivity index (χ1) is 12.9. The first-order valence-corrected chi connectivity index (χ1v) is 8.63. The summed E-state index contributed by atoms with van der Waals surface area (Å²) in [6.45, 7) is 1.45. The summed E-state index contributed by atoms with van der Waals surface area (Å²) in [7, 11) is 7.42. The molecule has 27 heavy (non-hydrogen) atoms. The Kier molecular flexibility index (Phi) is 5.41. The van der Waals surface area contributed by atoms with Crippen LogP contribution in [0.25, 0.3) is 16.6 Å². The fourth-order valence-corrected chi connectivity index (χ4v) is 2.82. The third-order valence-corrected chi connectivity index (χ3v) is 4.37. The highest BCUT2D eigenvalue weighted by Crippen LogP contribution is 2.21. The molecule has 0 unspecified atom stereocenters. The van der Waals surface area contributed by atoms with E-state index in [9.17, 15) is 9.18 Å². The van der Waals surface area contributed by atoms with E-state index in [2.05, 4.69) is 4.98 Å². The van der Waals surface area contributed by atoms with Crippen molar-refractivity contribution < 1.29 is 9.13 Å². The Morgan fingerprint density at radius 3 is 2.41 bits per heavy atom. The van der Waals surface area contributed by atoms with Crippen LogP contribution in [0.1, 0.15) is 0 Å². The van der Waals surface area contributed by atoms with Crippen LogP contribution < -0.4 is 15.2 Å². The van der Waals surface area contributed by atoms with Gasteiger partial charge in [0.1, 0.15) is 11.6 Å². The predicted octanol–water partition coefficient (Wildman–Crippen LogP) is 2.53. The van der Waals surface area contributed by atoms with E-state index in [1.807, 2.05) is 30.9 Å². The number of anilines is 1. The summed E-state index contributed by atoms with van der Waals surface area (Å²) in [5, 5.41) is 0.372. The number of hydrogen-bond acceptors (Lipinski definition) is 5. The van der Waals surface area contributed by atoms with E-state index < -0.39 is 5.82 Å². The third kappa shape index (κ3) is 3.93. The molecule has 0 bridgehead atoms. The molecule has 1 heterocycles. The zero-order valence-electron chi connectivity index (χ0n) is 15.9. The second-order valence-electron chi connectivity index (χ2n) is 6.64. The number of rotatable bonds is 6. The van der Waals surface area contributed by atoms with E-state index in [4.69, 9.17) is 4.74 Å². The highest BCUT2D eigenvalue weighted by molar-refractivity contribution is 5.79. The normalized spacial score (nSPS) is 11.2. The van der Waals surface area contributed by atoms with Gasteiger partial charge in [0.25, 0.3) is 5.56 Å². The number of benzene rings is 2. The summed E-state index contributed by atoms with van der Waals surface area (Å²) in [4.78, 5) is 21.7. The molecular weight excluding hydrogens is 347 g/mol. The van der Waals surface area contributed by atoms with E-state index in [1.54, 1.807) is 35.9 Å². The van der Waals surface area contributed by atoms with Crippen LogP contribution in [0.15, 0.2) is 47.3 Å². The largest absolute Gasteiger partial charge is 0.497 e. The van der Waals surface area contributed by atoms with E-state index in [-0.39, 0.29) is 5.56 Å². The van der Waals surface area contributed by atoms with Gasteiger partial charge in [0, 0.05) is 26.2 Å². The number of halogens is 1. The van der Waals surface area contributed by atoms with E-state index in [1.165, 1.54) is 18.2 Å². The molecule has 0 saturated heterocycles. The maximum atomic E-state index is 13.7. The molecule has 142 valence electrons. The average molecular weight is 370 g/mol. The van der Waals surface area contributed by atoms with Crippen molar-refractivity contribution in [3.05, 3.63) is 58.6 Å². The van der Waals surface area contributed by atoms with Crippen LogP contribution in [-0.2, 0) is 0 Å². The molecule has 0 aliphatic heterocycles. The van der Waals surface area contributed by atoms with Crippen LogP contribution in [0, 0.1) is 5.82 Å². The van der Waals surface area contributed by atoms with Gasteiger partial charge >= 0.3 is 0 Å². The van der Waals surface area contributed by atoms with Crippen LogP contribution in [-0.4, -0.2) is 55.8 Å². The van der Waals surface area contributed by atoms with Crippen molar-refractivity contribution >= 4 is 16.9 Å². The van der Waals surface area contributed by atoms with Crippen molar-refractivity contribution in [1.29, 1.82) is 0 Å². The van der Waals surface area contributed by atoms with Crippen LogP contribution in [0.5, 0.6) is 5.75 Å². The van der Waals surface area contributed by atoms with Crippen LogP contribution >= 0.6 is 0 Å². The Morgan fingerprint density at radius 1 is 1.07 bits per heavy atom. The Balaban J connectivity index is 2.21. The lowest BCUT2D eigenvalue weighted by molar-refractivity contribution is 0.414. The Labute approximate surface area is 157 Å². The van der Waals surface area contributed by atoms with E-state index >= 15 is 0 Å². The van der Waals surface area contributed by atoms with Gasteiger partial charge in [-0.05, 0) is 50.5 Å². The van der Waals surface area contributed by atoms with E-state index in [0.717, 1.165) is 6.54 Å². The molecule has 7 heteroatoms. The molecule has 0 fully saturated rings. The molecule has 0 aliphatic rings. The summed E-state index contributed by atoms with van der Waals surface area (Å²) < 4.78 is 20.4. The van der Waals surface area contributed by atoms with Gasteiger partial charge in [-0.1, -0.05) is 0 Å². The molecule has 0 amide bonds. The van der Waals surface area contributed by atoms with Crippen molar-refractivity contribution in [3.63, 3.8) is 0 Å². The van der Waals surface area contributed by atoms with Crippen molar-refractivity contribution in [3.8, 4) is 11.4 Å². The molecule has 0 saturated carbocycles. The summed E-state index contributed by atoms with van der Waals surface area (Å²) in [6, 6.07) is 11.2. The number of aromatic nitrogens is 2. The number of fused-ring (bicyclic) bond motifs is 1. The molecule has 0 aliphatic carbocycles. The first-order valence-electron chi connectivity index (χ1n) is 8.63. The minimum atomic E-state index is -0.418. The zero-order valence-corrected chi connectivity index (χ0v) is 15.9. The number of methoxy groups -OCH3 is 1. The first kappa shape index (κ1) is 18.8. The minimum Gasteiger partial charge on any atom is -0.497 e. The Morgan fingerprint density at radius 2 is 1.78 bits per heavy atom. The second kappa shape index (κ2) is 7.75. The molecular formula is C20H23FN4O2. The van der Waals surface area contributed by atoms with Crippen LogP contribution in [0.4, 0.5) is 10.3 Å². The molecule has 3 aromatic rings. The molecule has 2 aromatic carbocycles. The van der Waals surface area contributed by atoms with Crippen LogP contribution in [0.2, 0.25) is 0 Å². The van der Waals surface area contributed by atoms with Gasteiger partial charge in [0.2, 0.25) is 5.95 Å². The van der Waals surface area contributed by atoms with Gasteiger partial charge in [-0.25, -0.2) is 13.9 Å². The van der Waals surface area contributed by atoms with Crippen molar-refractivity contribution in [1.82, 2.24) is 14.5 Å². The lowest BCUT2D eigenvalue weighted by atomic mass is 10.2. The number of ether oxygens (including phenoxy) is 1. The molecule has 1 aromatic heterocycles. The fourth-order valence-electron chi connectivity index (χ4n) is 2.82. The smallest absolute Gasteiger partial charge is 0.267 e. The Bertz CT molecular complexity index is 999.